The van der Waals surface area contributed by atoms with Gasteiger partial charge in [0.15, 0.2) is 0 Å². The van der Waals surface area contributed by atoms with Crippen molar-refractivity contribution in [3.63, 3.8) is 0 Å². The fraction of sp³-hybridized carbons (Fsp3) is 0.500. The van der Waals surface area contributed by atoms with Crippen molar-refractivity contribution in [3.05, 3.63) is 34.9 Å². The van der Waals surface area contributed by atoms with Crippen LogP contribution in [0.4, 0.5) is 4.79 Å². The van der Waals surface area contributed by atoms with Crippen LogP contribution in [-0.4, -0.2) is 40.2 Å². The lowest BCUT2D eigenvalue weighted by Crippen LogP contribution is -2.59. The molecule has 0 bridgehead atoms. The molecule has 0 unspecified atom stereocenters. The summed E-state index contributed by atoms with van der Waals surface area (Å²) in [6.45, 7) is 2.34. The van der Waals surface area contributed by atoms with Gasteiger partial charge in [0.25, 0.3) is 0 Å². The quantitative estimate of drug-likeness (QED) is 0.785. The van der Waals surface area contributed by atoms with Crippen LogP contribution in [0.25, 0.3) is 0 Å². The second-order valence-corrected chi connectivity index (χ2v) is 7.06. The van der Waals surface area contributed by atoms with E-state index in [9.17, 15) is 14.4 Å². The number of halogens is 1. The number of nitrogens with zero attached hydrogens (tertiary/aromatic N) is 2. The van der Waals surface area contributed by atoms with Crippen LogP contribution in [-0.2, 0) is 16.0 Å². The van der Waals surface area contributed by atoms with E-state index in [4.69, 9.17) is 11.6 Å². The Hall–Kier alpha value is -1.88. The van der Waals surface area contributed by atoms with Gasteiger partial charge in [-0.15, -0.1) is 0 Å². The maximum atomic E-state index is 12.7. The van der Waals surface area contributed by atoms with E-state index in [2.05, 4.69) is 6.92 Å². The zero-order chi connectivity index (χ0) is 17.3. The van der Waals surface area contributed by atoms with Crippen molar-refractivity contribution < 1.29 is 14.4 Å². The highest BCUT2D eigenvalue weighted by atomic mass is 35.5. The Balaban J connectivity index is 1.72. The number of rotatable bonds is 4. The Morgan fingerprint density at radius 1 is 1.08 bits per heavy atom. The van der Waals surface area contributed by atoms with Gasteiger partial charge >= 0.3 is 6.03 Å². The Kier molecular flexibility index (Phi) is 4.90. The molecular formula is C18H21ClN2O3. The van der Waals surface area contributed by atoms with Crippen LogP contribution < -0.4 is 0 Å². The van der Waals surface area contributed by atoms with Crippen molar-refractivity contribution in [2.45, 2.75) is 45.1 Å². The van der Waals surface area contributed by atoms with E-state index < -0.39 is 11.9 Å². The average molecular weight is 349 g/mol. The van der Waals surface area contributed by atoms with Crippen LogP contribution in [0.1, 0.15) is 38.2 Å². The maximum absolute atomic E-state index is 12.7. The summed E-state index contributed by atoms with van der Waals surface area (Å²) in [5.74, 6) is -0.462. The molecule has 2 fully saturated rings. The van der Waals surface area contributed by atoms with E-state index in [1.165, 1.54) is 9.80 Å². The predicted molar refractivity (Wildman–Crippen MR) is 90.5 cm³/mol. The van der Waals surface area contributed by atoms with Gasteiger partial charge in [0.05, 0.1) is 0 Å². The van der Waals surface area contributed by atoms with E-state index in [0.717, 1.165) is 24.8 Å². The van der Waals surface area contributed by atoms with Gasteiger partial charge in [0.1, 0.15) is 6.42 Å². The molecule has 4 amide bonds. The molecule has 1 saturated heterocycles. The fourth-order valence-electron chi connectivity index (χ4n) is 3.60. The first-order valence-corrected chi connectivity index (χ1v) is 8.76. The summed E-state index contributed by atoms with van der Waals surface area (Å²) in [5.41, 5.74) is 0.998. The van der Waals surface area contributed by atoms with E-state index in [-0.39, 0.29) is 24.9 Å². The molecule has 1 aromatic rings. The molecule has 0 radical (unpaired) electrons. The van der Waals surface area contributed by atoms with E-state index in [1.54, 1.807) is 12.1 Å². The summed E-state index contributed by atoms with van der Waals surface area (Å²) >= 11 is 5.87. The Bertz CT molecular complexity index is 659. The minimum atomic E-state index is -0.455. The van der Waals surface area contributed by atoms with Crippen molar-refractivity contribution in [2.24, 2.45) is 5.92 Å². The lowest BCUT2D eigenvalue weighted by Gasteiger charge is -2.37. The second-order valence-electron chi connectivity index (χ2n) is 6.62. The molecular weight excluding hydrogens is 328 g/mol. The molecule has 0 spiro atoms. The first-order valence-electron chi connectivity index (χ1n) is 8.38. The molecule has 1 aliphatic carbocycles. The van der Waals surface area contributed by atoms with Crippen LogP contribution in [0.3, 0.4) is 0 Å². The highest BCUT2D eigenvalue weighted by Crippen LogP contribution is 2.32. The smallest absolute Gasteiger partial charge is 0.274 e. The Morgan fingerprint density at radius 3 is 2.42 bits per heavy atom. The first kappa shape index (κ1) is 17.0. The molecule has 1 aromatic carbocycles. The lowest BCUT2D eigenvalue weighted by molar-refractivity contribution is -0.144. The van der Waals surface area contributed by atoms with Crippen LogP contribution in [0.2, 0.25) is 5.02 Å². The largest absolute Gasteiger partial charge is 0.333 e. The maximum Gasteiger partial charge on any atom is 0.333 e. The van der Waals surface area contributed by atoms with Crippen LogP contribution in [0.5, 0.6) is 0 Å². The van der Waals surface area contributed by atoms with E-state index in [0.29, 0.717) is 17.4 Å². The van der Waals surface area contributed by atoms with Gasteiger partial charge in [-0.3, -0.25) is 19.4 Å². The SMILES string of the molecule is C[C@H]1CCC[C@H]1N1C(=O)CC(=O)N(CCc2ccc(Cl)cc2)C1=O. The highest BCUT2D eigenvalue weighted by molar-refractivity contribution is 6.30. The highest BCUT2D eigenvalue weighted by Gasteiger charge is 2.43. The summed E-state index contributed by atoms with van der Waals surface area (Å²) in [4.78, 5) is 39.7. The van der Waals surface area contributed by atoms with Crippen LogP contribution in [0.15, 0.2) is 24.3 Å². The number of barbiturate groups is 1. The molecule has 0 aromatic heterocycles. The zero-order valence-corrected chi connectivity index (χ0v) is 14.5. The van der Waals surface area contributed by atoms with Crippen molar-refractivity contribution in [1.29, 1.82) is 0 Å². The summed E-state index contributed by atoms with van der Waals surface area (Å²) in [6.07, 6.45) is 3.20. The lowest BCUT2D eigenvalue weighted by atomic mass is 10.0. The van der Waals surface area contributed by atoms with Gasteiger partial charge in [0, 0.05) is 17.6 Å². The third-order valence-corrected chi connectivity index (χ3v) is 5.25. The molecule has 128 valence electrons. The molecule has 2 aliphatic rings. The standard InChI is InChI=1S/C18H21ClN2O3/c1-12-3-2-4-15(12)21-17(23)11-16(22)20(18(21)24)10-9-13-5-7-14(19)8-6-13/h5-8,12,15H,2-4,9-11H2,1H3/t12-,15+/m0/s1. The molecule has 2 atom stereocenters. The number of imide groups is 2. The molecule has 24 heavy (non-hydrogen) atoms. The molecule has 1 saturated carbocycles. The van der Waals surface area contributed by atoms with Crippen molar-refractivity contribution >= 4 is 29.4 Å². The van der Waals surface area contributed by atoms with Crippen molar-refractivity contribution in [3.8, 4) is 0 Å². The third-order valence-electron chi connectivity index (χ3n) is 4.99. The second kappa shape index (κ2) is 6.93. The molecule has 5 nitrogen and oxygen atoms in total. The summed E-state index contributed by atoms with van der Waals surface area (Å²) in [5, 5.41) is 0.649. The monoisotopic (exact) mass is 348 g/mol. The Morgan fingerprint density at radius 2 is 1.79 bits per heavy atom. The van der Waals surface area contributed by atoms with Crippen LogP contribution >= 0.6 is 11.6 Å². The topological polar surface area (TPSA) is 57.7 Å². The van der Waals surface area contributed by atoms with Gasteiger partial charge in [0.2, 0.25) is 11.8 Å². The van der Waals surface area contributed by atoms with Crippen LogP contribution in [0, 0.1) is 5.92 Å². The summed E-state index contributed by atoms with van der Waals surface area (Å²) in [6, 6.07) is 6.80. The van der Waals surface area contributed by atoms with Gasteiger partial charge in [-0.2, -0.15) is 0 Å². The van der Waals surface area contributed by atoms with Crippen molar-refractivity contribution in [1.82, 2.24) is 9.80 Å². The normalized spacial score (nSPS) is 24.8. The third kappa shape index (κ3) is 3.31. The van der Waals surface area contributed by atoms with E-state index >= 15 is 0 Å². The number of hydrogen-bond donors (Lipinski definition) is 0. The van der Waals surface area contributed by atoms with Crippen molar-refractivity contribution in [2.75, 3.05) is 6.54 Å². The van der Waals surface area contributed by atoms with Gasteiger partial charge in [-0.1, -0.05) is 37.1 Å². The molecule has 1 heterocycles. The summed E-state index contributed by atoms with van der Waals surface area (Å²) in [7, 11) is 0. The average Bonchev–Trinajstić information content (AvgIpc) is 2.94. The molecule has 1 aliphatic heterocycles. The number of hydrogen-bond acceptors (Lipinski definition) is 3. The number of carbonyl (C=O) groups is 3. The minimum Gasteiger partial charge on any atom is -0.274 e. The van der Waals surface area contributed by atoms with E-state index in [1.807, 2.05) is 12.1 Å². The summed E-state index contributed by atoms with van der Waals surface area (Å²) < 4.78 is 0. The fourth-order valence-corrected chi connectivity index (χ4v) is 3.73. The minimum absolute atomic E-state index is 0.0730. The predicted octanol–water partition coefficient (Wildman–Crippen LogP) is 3.25. The number of carbonyl (C=O) groups excluding carboxylic acids is 3. The van der Waals surface area contributed by atoms with Gasteiger partial charge < -0.3 is 0 Å². The van der Waals surface area contributed by atoms with Gasteiger partial charge in [-0.05, 0) is 42.9 Å². The Labute approximate surface area is 146 Å². The zero-order valence-electron chi connectivity index (χ0n) is 13.7. The first-order chi connectivity index (χ1) is 11.5. The number of urea groups is 1. The number of amides is 4. The number of benzene rings is 1. The molecule has 6 heteroatoms. The molecule has 3 rings (SSSR count). The van der Waals surface area contributed by atoms with Gasteiger partial charge in [-0.25, -0.2) is 4.79 Å². The molecule has 0 N–H and O–H groups in total.